The molecule has 4 unspecified atom stereocenters. The molecular formula is C17H32N2O2. The fourth-order valence-electron chi connectivity index (χ4n) is 4.14. The van der Waals surface area contributed by atoms with Gasteiger partial charge in [-0.05, 0) is 52.0 Å². The second-order valence-electron chi connectivity index (χ2n) is 6.81. The summed E-state index contributed by atoms with van der Waals surface area (Å²) in [6, 6.07) is 0.605. The molecule has 0 aromatic rings. The molecule has 0 spiro atoms. The number of hydrogen-bond acceptors (Lipinski definition) is 3. The van der Waals surface area contributed by atoms with Crippen LogP contribution >= 0.6 is 0 Å². The maximum absolute atomic E-state index is 12.5. The van der Waals surface area contributed by atoms with E-state index in [9.17, 15) is 9.90 Å². The molecule has 1 heterocycles. The normalized spacial score (nSPS) is 31.8. The number of carbonyl (C=O) groups excluding carboxylic acids is 1. The monoisotopic (exact) mass is 296 g/mol. The molecule has 1 amide bonds. The first-order valence-corrected chi connectivity index (χ1v) is 8.82. The number of carbonyl (C=O) groups is 1. The van der Waals surface area contributed by atoms with Crippen molar-refractivity contribution < 1.29 is 9.90 Å². The zero-order valence-electron chi connectivity index (χ0n) is 13.8. The number of likely N-dealkylation sites (tertiary alicyclic amines) is 1. The van der Waals surface area contributed by atoms with Crippen LogP contribution in [0.1, 0.15) is 65.7 Å². The van der Waals surface area contributed by atoms with Crippen LogP contribution in [0.3, 0.4) is 0 Å². The number of nitrogens with one attached hydrogen (secondary N) is 1. The lowest BCUT2D eigenvalue weighted by Gasteiger charge is -2.35. The predicted octanol–water partition coefficient (Wildman–Crippen LogP) is 2.31. The van der Waals surface area contributed by atoms with Crippen LogP contribution in [0.15, 0.2) is 0 Å². The van der Waals surface area contributed by atoms with Crippen LogP contribution in [-0.2, 0) is 4.79 Å². The Labute approximate surface area is 129 Å². The van der Waals surface area contributed by atoms with E-state index in [4.69, 9.17) is 0 Å². The third kappa shape index (κ3) is 3.78. The van der Waals surface area contributed by atoms with Gasteiger partial charge in [0.1, 0.15) is 0 Å². The summed E-state index contributed by atoms with van der Waals surface area (Å²) in [5.41, 5.74) is 0. The average Bonchev–Trinajstić information content (AvgIpc) is 3.11. The van der Waals surface area contributed by atoms with Gasteiger partial charge in [0, 0.05) is 18.0 Å². The molecule has 4 nitrogen and oxygen atoms in total. The lowest BCUT2D eigenvalue weighted by molar-refractivity contribution is -0.127. The first-order chi connectivity index (χ1) is 10.1. The summed E-state index contributed by atoms with van der Waals surface area (Å²) in [4.78, 5) is 14.8. The molecule has 2 rings (SSSR count). The molecule has 1 saturated heterocycles. The van der Waals surface area contributed by atoms with Gasteiger partial charge in [0.25, 0.3) is 0 Å². The van der Waals surface area contributed by atoms with Crippen LogP contribution in [0.2, 0.25) is 0 Å². The Bertz CT molecular complexity index is 344. The number of nitrogens with zero attached hydrogens (tertiary/aromatic N) is 1. The summed E-state index contributed by atoms with van der Waals surface area (Å²) >= 11 is 0. The van der Waals surface area contributed by atoms with Crippen LogP contribution in [0.4, 0.5) is 0 Å². The number of aliphatic hydroxyl groups excluding tert-OH is 1. The van der Waals surface area contributed by atoms with Gasteiger partial charge in [-0.2, -0.15) is 0 Å². The van der Waals surface area contributed by atoms with E-state index >= 15 is 0 Å². The Morgan fingerprint density at radius 1 is 1.24 bits per heavy atom. The Morgan fingerprint density at radius 3 is 2.52 bits per heavy atom. The maximum atomic E-state index is 12.5. The predicted molar refractivity (Wildman–Crippen MR) is 85.1 cm³/mol. The van der Waals surface area contributed by atoms with Gasteiger partial charge in [-0.1, -0.05) is 20.3 Å². The van der Waals surface area contributed by atoms with E-state index in [1.165, 1.54) is 0 Å². The minimum atomic E-state index is -0.162. The quantitative estimate of drug-likeness (QED) is 0.791. The summed E-state index contributed by atoms with van der Waals surface area (Å²) in [6.45, 7) is 7.25. The Morgan fingerprint density at radius 2 is 1.95 bits per heavy atom. The number of amides is 1. The zero-order valence-corrected chi connectivity index (χ0v) is 13.8. The van der Waals surface area contributed by atoms with E-state index in [0.717, 1.165) is 51.5 Å². The number of aliphatic hydroxyl groups is 1. The fourth-order valence-corrected chi connectivity index (χ4v) is 4.14. The van der Waals surface area contributed by atoms with Gasteiger partial charge in [0.15, 0.2) is 0 Å². The molecule has 2 fully saturated rings. The van der Waals surface area contributed by atoms with Crippen molar-refractivity contribution in [2.75, 3.05) is 6.54 Å². The van der Waals surface area contributed by atoms with Gasteiger partial charge in [-0.3, -0.25) is 9.69 Å². The van der Waals surface area contributed by atoms with Gasteiger partial charge in [0.2, 0.25) is 5.91 Å². The van der Waals surface area contributed by atoms with E-state index in [2.05, 4.69) is 24.1 Å². The summed E-state index contributed by atoms with van der Waals surface area (Å²) in [5, 5.41) is 13.4. The second-order valence-corrected chi connectivity index (χ2v) is 6.81. The average molecular weight is 296 g/mol. The smallest absolute Gasteiger partial charge is 0.237 e. The Balaban J connectivity index is 1.96. The zero-order chi connectivity index (χ0) is 15.4. The standard InChI is InChI=1S/C17H32N2O2/c1-4-13(5-2)18-17(21)12(3)19-11-7-9-15(19)14-8-6-10-16(14)20/h12-16,20H,4-11H2,1-3H3,(H,18,21). The van der Waals surface area contributed by atoms with Crippen molar-refractivity contribution in [3.8, 4) is 0 Å². The minimum Gasteiger partial charge on any atom is -0.393 e. The van der Waals surface area contributed by atoms with Crippen molar-refractivity contribution >= 4 is 5.91 Å². The molecule has 21 heavy (non-hydrogen) atoms. The fraction of sp³-hybridized carbons (Fsp3) is 0.941. The summed E-state index contributed by atoms with van der Waals surface area (Å²) in [7, 11) is 0. The van der Waals surface area contributed by atoms with Gasteiger partial charge < -0.3 is 10.4 Å². The molecule has 0 bridgehead atoms. The third-order valence-corrected chi connectivity index (χ3v) is 5.58. The van der Waals surface area contributed by atoms with Crippen LogP contribution < -0.4 is 5.32 Å². The Hall–Kier alpha value is -0.610. The van der Waals surface area contributed by atoms with E-state index in [1.807, 2.05) is 6.92 Å². The lowest BCUT2D eigenvalue weighted by Crippen LogP contribution is -2.51. The van der Waals surface area contributed by atoms with Crippen molar-refractivity contribution in [2.45, 2.75) is 89.9 Å². The minimum absolute atomic E-state index is 0.0779. The van der Waals surface area contributed by atoms with Gasteiger partial charge in [-0.15, -0.1) is 0 Å². The molecule has 0 aromatic carbocycles. The molecule has 0 radical (unpaired) electrons. The highest BCUT2D eigenvalue weighted by Crippen LogP contribution is 2.36. The molecule has 4 atom stereocenters. The van der Waals surface area contributed by atoms with Crippen molar-refractivity contribution in [1.82, 2.24) is 10.2 Å². The van der Waals surface area contributed by atoms with Gasteiger partial charge in [0.05, 0.1) is 12.1 Å². The second kappa shape index (κ2) is 7.59. The van der Waals surface area contributed by atoms with Crippen molar-refractivity contribution in [1.29, 1.82) is 0 Å². The molecule has 4 heteroatoms. The molecule has 1 aliphatic heterocycles. The number of rotatable bonds is 6. The largest absolute Gasteiger partial charge is 0.393 e. The molecule has 2 N–H and O–H groups in total. The SMILES string of the molecule is CCC(CC)NC(=O)C(C)N1CCCC1C1CCCC1O. The molecule has 1 aliphatic carbocycles. The first kappa shape index (κ1) is 16.8. The molecule has 1 saturated carbocycles. The van der Waals surface area contributed by atoms with Crippen LogP contribution in [-0.4, -0.2) is 46.7 Å². The number of hydrogen-bond donors (Lipinski definition) is 2. The summed E-state index contributed by atoms with van der Waals surface area (Å²) < 4.78 is 0. The highest BCUT2D eigenvalue weighted by molar-refractivity contribution is 5.81. The molecule has 2 aliphatic rings. The van der Waals surface area contributed by atoms with E-state index in [1.54, 1.807) is 0 Å². The highest BCUT2D eigenvalue weighted by atomic mass is 16.3. The highest BCUT2D eigenvalue weighted by Gasteiger charge is 2.41. The van der Waals surface area contributed by atoms with Gasteiger partial charge in [-0.25, -0.2) is 0 Å². The molecule has 122 valence electrons. The summed E-state index contributed by atoms with van der Waals surface area (Å²) in [6.07, 6.45) is 7.27. The maximum Gasteiger partial charge on any atom is 0.237 e. The van der Waals surface area contributed by atoms with Crippen LogP contribution in [0.5, 0.6) is 0 Å². The van der Waals surface area contributed by atoms with Gasteiger partial charge >= 0.3 is 0 Å². The topological polar surface area (TPSA) is 52.6 Å². The van der Waals surface area contributed by atoms with Crippen molar-refractivity contribution in [3.63, 3.8) is 0 Å². The van der Waals surface area contributed by atoms with Crippen LogP contribution in [0, 0.1) is 5.92 Å². The van der Waals surface area contributed by atoms with Crippen molar-refractivity contribution in [2.24, 2.45) is 5.92 Å². The van der Waals surface area contributed by atoms with E-state index in [0.29, 0.717) is 12.0 Å². The first-order valence-electron chi connectivity index (χ1n) is 8.82. The van der Waals surface area contributed by atoms with Crippen LogP contribution in [0.25, 0.3) is 0 Å². The third-order valence-electron chi connectivity index (χ3n) is 5.58. The molecular weight excluding hydrogens is 264 g/mol. The Kier molecular flexibility index (Phi) is 6.06. The van der Waals surface area contributed by atoms with E-state index < -0.39 is 0 Å². The lowest BCUT2D eigenvalue weighted by atomic mass is 9.93. The molecule has 0 aromatic heterocycles. The van der Waals surface area contributed by atoms with Crippen molar-refractivity contribution in [3.05, 3.63) is 0 Å². The summed E-state index contributed by atoms with van der Waals surface area (Å²) in [5.74, 6) is 0.527. The van der Waals surface area contributed by atoms with E-state index in [-0.39, 0.29) is 24.1 Å².